The standard InChI is InChI=1S/C11H19BrN4O/c1-3-13-10-9(12)11(16-7-15-10)14-6-8(2)4-5-17/h7-8,17H,3-6H2,1-2H3,(H2,13,14,15,16). The second-order valence-corrected chi connectivity index (χ2v) is 4.71. The van der Waals surface area contributed by atoms with Gasteiger partial charge in [-0.1, -0.05) is 6.92 Å². The van der Waals surface area contributed by atoms with Gasteiger partial charge in [0, 0.05) is 19.7 Å². The average molecular weight is 303 g/mol. The van der Waals surface area contributed by atoms with Gasteiger partial charge < -0.3 is 15.7 Å². The Bertz CT molecular complexity index is 348. The summed E-state index contributed by atoms with van der Waals surface area (Å²) in [6.07, 6.45) is 2.32. The Morgan fingerprint density at radius 1 is 1.35 bits per heavy atom. The van der Waals surface area contributed by atoms with Crippen LogP contribution in [0.1, 0.15) is 20.3 Å². The molecule has 0 aliphatic carbocycles. The first-order valence-corrected chi connectivity index (χ1v) is 6.57. The van der Waals surface area contributed by atoms with Crippen molar-refractivity contribution < 1.29 is 5.11 Å². The van der Waals surface area contributed by atoms with E-state index in [1.54, 1.807) is 0 Å². The van der Waals surface area contributed by atoms with Gasteiger partial charge in [0.1, 0.15) is 22.4 Å². The molecule has 0 saturated carbocycles. The van der Waals surface area contributed by atoms with Crippen molar-refractivity contribution in [1.82, 2.24) is 9.97 Å². The van der Waals surface area contributed by atoms with Gasteiger partial charge in [0.15, 0.2) is 0 Å². The highest BCUT2D eigenvalue weighted by atomic mass is 79.9. The Kier molecular flexibility index (Phi) is 6.21. The number of rotatable bonds is 7. The lowest BCUT2D eigenvalue weighted by Crippen LogP contribution is -2.14. The molecule has 1 heterocycles. The van der Waals surface area contributed by atoms with E-state index in [2.05, 4.69) is 43.5 Å². The number of nitrogens with one attached hydrogen (secondary N) is 2. The van der Waals surface area contributed by atoms with Crippen LogP contribution in [0.15, 0.2) is 10.8 Å². The van der Waals surface area contributed by atoms with Gasteiger partial charge in [0.05, 0.1) is 0 Å². The number of hydrogen-bond acceptors (Lipinski definition) is 5. The Labute approximate surface area is 110 Å². The van der Waals surface area contributed by atoms with Crippen molar-refractivity contribution in [3.05, 3.63) is 10.8 Å². The summed E-state index contributed by atoms with van der Waals surface area (Å²) < 4.78 is 0.845. The quantitative estimate of drug-likeness (QED) is 0.719. The highest BCUT2D eigenvalue weighted by Gasteiger charge is 2.08. The number of anilines is 2. The van der Waals surface area contributed by atoms with Gasteiger partial charge >= 0.3 is 0 Å². The smallest absolute Gasteiger partial charge is 0.145 e. The first-order valence-electron chi connectivity index (χ1n) is 5.78. The molecular formula is C11H19BrN4O. The minimum Gasteiger partial charge on any atom is -0.396 e. The largest absolute Gasteiger partial charge is 0.396 e. The van der Waals surface area contributed by atoms with Crippen molar-refractivity contribution >= 4 is 27.6 Å². The van der Waals surface area contributed by atoms with Crippen LogP contribution in [0.4, 0.5) is 11.6 Å². The molecule has 0 aliphatic heterocycles. The molecule has 0 aromatic carbocycles. The summed E-state index contributed by atoms with van der Waals surface area (Å²) in [4.78, 5) is 8.32. The topological polar surface area (TPSA) is 70.1 Å². The fraction of sp³-hybridized carbons (Fsp3) is 0.636. The molecule has 1 atom stereocenters. The second-order valence-electron chi connectivity index (χ2n) is 3.91. The van der Waals surface area contributed by atoms with Gasteiger partial charge in [-0.2, -0.15) is 0 Å². The van der Waals surface area contributed by atoms with Gasteiger partial charge in [-0.15, -0.1) is 0 Å². The van der Waals surface area contributed by atoms with Crippen LogP contribution in [0.2, 0.25) is 0 Å². The number of aromatic nitrogens is 2. The molecule has 6 heteroatoms. The van der Waals surface area contributed by atoms with Crippen molar-refractivity contribution in [3.63, 3.8) is 0 Å². The van der Waals surface area contributed by atoms with E-state index in [-0.39, 0.29) is 6.61 Å². The van der Waals surface area contributed by atoms with Gasteiger partial charge in [-0.3, -0.25) is 0 Å². The molecule has 0 aliphatic rings. The lowest BCUT2D eigenvalue weighted by Gasteiger charge is -2.14. The van der Waals surface area contributed by atoms with E-state index < -0.39 is 0 Å². The Balaban J connectivity index is 2.61. The third-order valence-corrected chi connectivity index (χ3v) is 3.12. The zero-order valence-corrected chi connectivity index (χ0v) is 11.8. The first kappa shape index (κ1) is 14.2. The van der Waals surface area contributed by atoms with E-state index in [4.69, 9.17) is 5.11 Å². The summed E-state index contributed by atoms with van der Waals surface area (Å²) >= 11 is 3.47. The number of aliphatic hydroxyl groups is 1. The van der Waals surface area contributed by atoms with Crippen LogP contribution in [-0.2, 0) is 0 Å². The summed E-state index contributed by atoms with van der Waals surface area (Å²) in [7, 11) is 0. The molecule has 0 bridgehead atoms. The Hall–Kier alpha value is -0.880. The predicted molar refractivity (Wildman–Crippen MR) is 73.3 cm³/mol. The molecule has 0 saturated heterocycles. The number of nitrogens with zero attached hydrogens (tertiary/aromatic N) is 2. The lowest BCUT2D eigenvalue weighted by molar-refractivity contribution is 0.266. The van der Waals surface area contributed by atoms with Crippen molar-refractivity contribution in [1.29, 1.82) is 0 Å². The molecule has 96 valence electrons. The van der Waals surface area contributed by atoms with Gasteiger partial charge in [0.25, 0.3) is 0 Å². The summed E-state index contributed by atoms with van der Waals surface area (Å²) in [6, 6.07) is 0. The zero-order valence-electron chi connectivity index (χ0n) is 10.2. The van der Waals surface area contributed by atoms with Crippen molar-refractivity contribution in [2.24, 2.45) is 5.92 Å². The van der Waals surface area contributed by atoms with Gasteiger partial charge in [0.2, 0.25) is 0 Å². The normalized spacial score (nSPS) is 12.2. The van der Waals surface area contributed by atoms with E-state index >= 15 is 0 Å². The molecule has 1 aromatic rings. The SMILES string of the molecule is CCNc1ncnc(NCC(C)CCO)c1Br. The average Bonchev–Trinajstić information content (AvgIpc) is 2.31. The zero-order chi connectivity index (χ0) is 12.7. The van der Waals surface area contributed by atoms with E-state index in [0.29, 0.717) is 5.92 Å². The fourth-order valence-corrected chi connectivity index (χ4v) is 1.86. The number of halogens is 1. The van der Waals surface area contributed by atoms with Crippen LogP contribution in [-0.4, -0.2) is 34.8 Å². The summed E-state index contributed by atoms with van der Waals surface area (Å²) in [5.41, 5.74) is 0. The van der Waals surface area contributed by atoms with E-state index in [1.165, 1.54) is 6.33 Å². The monoisotopic (exact) mass is 302 g/mol. The van der Waals surface area contributed by atoms with E-state index in [1.807, 2.05) is 6.92 Å². The highest BCUT2D eigenvalue weighted by Crippen LogP contribution is 2.26. The molecule has 1 aromatic heterocycles. The van der Waals surface area contributed by atoms with Crippen LogP contribution in [0.25, 0.3) is 0 Å². The highest BCUT2D eigenvalue weighted by molar-refractivity contribution is 9.10. The van der Waals surface area contributed by atoms with Crippen LogP contribution in [0, 0.1) is 5.92 Å². The van der Waals surface area contributed by atoms with Crippen LogP contribution >= 0.6 is 15.9 Å². The molecule has 1 rings (SSSR count). The van der Waals surface area contributed by atoms with Gasteiger partial charge in [-0.05, 0) is 35.2 Å². The summed E-state index contributed by atoms with van der Waals surface area (Å²) in [5.74, 6) is 1.98. The summed E-state index contributed by atoms with van der Waals surface area (Å²) in [5, 5.41) is 15.2. The van der Waals surface area contributed by atoms with Crippen LogP contribution in [0.5, 0.6) is 0 Å². The predicted octanol–water partition coefficient (Wildman–Crippen LogP) is 2.10. The maximum absolute atomic E-state index is 8.83. The minimum absolute atomic E-state index is 0.219. The first-order chi connectivity index (χ1) is 8.19. The molecule has 0 radical (unpaired) electrons. The van der Waals surface area contributed by atoms with E-state index in [0.717, 1.165) is 35.6 Å². The van der Waals surface area contributed by atoms with Crippen LogP contribution < -0.4 is 10.6 Å². The number of hydrogen-bond donors (Lipinski definition) is 3. The van der Waals surface area contributed by atoms with Crippen molar-refractivity contribution in [3.8, 4) is 0 Å². The molecule has 5 nitrogen and oxygen atoms in total. The molecule has 3 N–H and O–H groups in total. The van der Waals surface area contributed by atoms with Gasteiger partial charge in [-0.25, -0.2) is 9.97 Å². The second kappa shape index (κ2) is 7.45. The third-order valence-electron chi connectivity index (χ3n) is 2.37. The number of aliphatic hydroxyl groups excluding tert-OH is 1. The Morgan fingerprint density at radius 3 is 2.59 bits per heavy atom. The van der Waals surface area contributed by atoms with E-state index in [9.17, 15) is 0 Å². The molecule has 0 amide bonds. The summed E-state index contributed by atoms with van der Waals surface area (Å²) in [6.45, 7) is 5.92. The third kappa shape index (κ3) is 4.47. The minimum atomic E-state index is 0.219. The maximum atomic E-state index is 8.83. The van der Waals surface area contributed by atoms with Crippen molar-refractivity contribution in [2.45, 2.75) is 20.3 Å². The Morgan fingerprint density at radius 2 is 2.00 bits per heavy atom. The molecule has 0 spiro atoms. The molecule has 17 heavy (non-hydrogen) atoms. The maximum Gasteiger partial charge on any atom is 0.145 e. The van der Waals surface area contributed by atoms with Crippen molar-refractivity contribution in [2.75, 3.05) is 30.3 Å². The van der Waals surface area contributed by atoms with Crippen LogP contribution in [0.3, 0.4) is 0 Å². The lowest BCUT2D eigenvalue weighted by atomic mass is 10.1. The molecule has 0 fully saturated rings. The molecular weight excluding hydrogens is 284 g/mol. The molecule has 1 unspecified atom stereocenters. The fourth-order valence-electron chi connectivity index (χ4n) is 1.38.